The van der Waals surface area contributed by atoms with Crippen LogP contribution in [0.25, 0.3) is 11.1 Å². The van der Waals surface area contributed by atoms with Crippen LogP contribution in [0.4, 0.5) is 0 Å². The largest absolute Gasteiger partial charge is 0.374 e. The molecule has 0 aromatic heterocycles. The van der Waals surface area contributed by atoms with Gasteiger partial charge in [-0.25, -0.2) is 0 Å². The summed E-state index contributed by atoms with van der Waals surface area (Å²) in [6, 6.07) is 19.1. The van der Waals surface area contributed by atoms with E-state index in [2.05, 4.69) is 54.6 Å². The van der Waals surface area contributed by atoms with Crippen molar-refractivity contribution in [2.24, 2.45) is 0 Å². The molecular formula is C18H20O. The van der Waals surface area contributed by atoms with Crippen LogP contribution in [0.5, 0.6) is 0 Å². The van der Waals surface area contributed by atoms with Gasteiger partial charge in [-0.15, -0.1) is 0 Å². The first-order chi connectivity index (χ1) is 9.43. The molecule has 0 spiro atoms. The molecule has 2 aromatic carbocycles. The van der Waals surface area contributed by atoms with E-state index in [-0.39, 0.29) is 0 Å². The molecule has 98 valence electrons. The van der Waals surface area contributed by atoms with E-state index in [1.165, 1.54) is 42.4 Å². The van der Waals surface area contributed by atoms with E-state index < -0.39 is 0 Å². The molecule has 1 aliphatic rings. The van der Waals surface area contributed by atoms with Gasteiger partial charge in [0.05, 0.1) is 12.7 Å². The summed E-state index contributed by atoms with van der Waals surface area (Å²) in [6.07, 6.45) is 5.58. The van der Waals surface area contributed by atoms with Crippen LogP contribution in [0, 0.1) is 0 Å². The summed E-state index contributed by atoms with van der Waals surface area (Å²) < 4.78 is 6.05. The van der Waals surface area contributed by atoms with Crippen LogP contribution >= 0.6 is 0 Å². The average Bonchev–Trinajstić information content (AvgIpc) is 3.00. The van der Waals surface area contributed by atoms with E-state index in [0.717, 1.165) is 6.61 Å². The topological polar surface area (TPSA) is 9.23 Å². The zero-order valence-corrected chi connectivity index (χ0v) is 11.2. The monoisotopic (exact) mass is 252 g/mol. The molecule has 0 N–H and O–H groups in total. The zero-order chi connectivity index (χ0) is 12.9. The molecule has 1 saturated carbocycles. The van der Waals surface area contributed by atoms with Gasteiger partial charge >= 0.3 is 0 Å². The Balaban J connectivity index is 1.77. The van der Waals surface area contributed by atoms with Gasteiger partial charge in [-0.2, -0.15) is 0 Å². The third kappa shape index (κ3) is 3.05. The summed E-state index contributed by atoms with van der Waals surface area (Å²) >= 11 is 0. The molecule has 3 rings (SSSR count). The lowest BCUT2D eigenvalue weighted by Gasteiger charge is -2.14. The molecule has 1 fully saturated rings. The third-order valence-electron chi connectivity index (χ3n) is 3.88. The number of hydrogen-bond donors (Lipinski definition) is 0. The van der Waals surface area contributed by atoms with Crippen LogP contribution in [0.15, 0.2) is 54.6 Å². The van der Waals surface area contributed by atoms with E-state index >= 15 is 0 Å². The first kappa shape index (κ1) is 12.4. The smallest absolute Gasteiger partial charge is 0.0726 e. The van der Waals surface area contributed by atoms with Crippen molar-refractivity contribution in [3.05, 3.63) is 60.2 Å². The highest BCUT2D eigenvalue weighted by molar-refractivity contribution is 5.66. The Kier molecular flexibility index (Phi) is 3.95. The molecule has 0 atom stereocenters. The summed E-state index contributed by atoms with van der Waals surface area (Å²) in [5.74, 6) is 0. The van der Waals surface area contributed by atoms with Crippen LogP contribution in [0.3, 0.4) is 0 Å². The van der Waals surface area contributed by atoms with Gasteiger partial charge in [-0.1, -0.05) is 67.4 Å². The molecule has 0 unspecified atom stereocenters. The Morgan fingerprint density at radius 3 is 2.32 bits per heavy atom. The van der Waals surface area contributed by atoms with Gasteiger partial charge < -0.3 is 4.74 Å². The summed E-state index contributed by atoms with van der Waals surface area (Å²) in [7, 11) is 0. The fourth-order valence-electron chi connectivity index (χ4n) is 2.81. The molecule has 0 aliphatic heterocycles. The maximum atomic E-state index is 6.05. The van der Waals surface area contributed by atoms with Crippen molar-refractivity contribution in [2.75, 3.05) is 0 Å². The number of rotatable bonds is 4. The van der Waals surface area contributed by atoms with Crippen molar-refractivity contribution < 1.29 is 4.74 Å². The quantitative estimate of drug-likeness (QED) is 0.758. The molecule has 0 radical (unpaired) electrons. The SMILES string of the molecule is c1ccc(-c2ccccc2COC2CCCC2)cc1. The third-order valence-corrected chi connectivity index (χ3v) is 3.88. The minimum Gasteiger partial charge on any atom is -0.374 e. The van der Waals surface area contributed by atoms with Crippen molar-refractivity contribution >= 4 is 0 Å². The van der Waals surface area contributed by atoms with E-state index in [1.54, 1.807) is 0 Å². The molecule has 0 saturated heterocycles. The Morgan fingerprint density at radius 1 is 0.842 bits per heavy atom. The van der Waals surface area contributed by atoms with Crippen molar-refractivity contribution in [1.29, 1.82) is 0 Å². The lowest BCUT2D eigenvalue weighted by Crippen LogP contribution is -2.07. The van der Waals surface area contributed by atoms with Crippen LogP contribution in [0.2, 0.25) is 0 Å². The summed E-state index contributed by atoms with van der Waals surface area (Å²) in [5.41, 5.74) is 3.86. The van der Waals surface area contributed by atoms with E-state index in [9.17, 15) is 0 Å². The zero-order valence-electron chi connectivity index (χ0n) is 11.2. The lowest BCUT2D eigenvalue weighted by molar-refractivity contribution is 0.0459. The molecule has 1 aliphatic carbocycles. The molecule has 2 aromatic rings. The highest BCUT2D eigenvalue weighted by Gasteiger charge is 2.15. The first-order valence-electron chi connectivity index (χ1n) is 7.18. The summed E-state index contributed by atoms with van der Waals surface area (Å²) in [4.78, 5) is 0. The number of benzene rings is 2. The summed E-state index contributed by atoms with van der Waals surface area (Å²) in [6.45, 7) is 0.732. The van der Waals surface area contributed by atoms with Gasteiger partial charge in [0.1, 0.15) is 0 Å². The number of ether oxygens (including phenoxy) is 1. The van der Waals surface area contributed by atoms with Gasteiger partial charge in [0.25, 0.3) is 0 Å². The van der Waals surface area contributed by atoms with Gasteiger partial charge in [-0.3, -0.25) is 0 Å². The second-order valence-electron chi connectivity index (χ2n) is 5.24. The molecule has 0 heterocycles. The van der Waals surface area contributed by atoms with Crippen LogP contribution in [0.1, 0.15) is 31.2 Å². The van der Waals surface area contributed by atoms with Crippen LogP contribution in [-0.2, 0) is 11.3 Å². The fraction of sp³-hybridized carbons (Fsp3) is 0.333. The van der Waals surface area contributed by atoms with E-state index in [1.807, 2.05) is 0 Å². The molecule has 1 heteroatoms. The maximum absolute atomic E-state index is 6.05. The Labute approximate surface area is 115 Å². The second kappa shape index (κ2) is 6.03. The maximum Gasteiger partial charge on any atom is 0.0726 e. The first-order valence-corrected chi connectivity index (χ1v) is 7.18. The van der Waals surface area contributed by atoms with Crippen molar-refractivity contribution in [3.63, 3.8) is 0 Å². The fourth-order valence-corrected chi connectivity index (χ4v) is 2.81. The highest BCUT2D eigenvalue weighted by atomic mass is 16.5. The van der Waals surface area contributed by atoms with Gasteiger partial charge in [0, 0.05) is 0 Å². The minimum absolute atomic E-state index is 0.476. The van der Waals surface area contributed by atoms with E-state index in [4.69, 9.17) is 4.74 Å². The highest BCUT2D eigenvalue weighted by Crippen LogP contribution is 2.26. The minimum atomic E-state index is 0.476. The van der Waals surface area contributed by atoms with Gasteiger partial charge in [0.2, 0.25) is 0 Å². The predicted molar refractivity (Wildman–Crippen MR) is 78.9 cm³/mol. The Morgan fingerprint density at radius 2 is 1.53 bits per heavy atom. The molecular weight excluding hydrogens is 232 g/mol. The Bertz CT molecular complexity index is 512. The van der Waals surface area contributed by atoms with Gasteiger partial charge in [-0.05, 0) is 29.5 Å². The van der Waals surface area contributed by atoms with Crippen molar-refractivity contribution in [3.8, 4) is 11.1 Å². The number of hydrogen-bond acceptors (Lipinski definition) is 1. The lowest BCUT2D eigenvalue weighted by atomic mass is 10.0. The normalized spacial score (nSPS) is 15.8. The molecule has 0 amide bonds. The standard InChI is InChI=1S/C18H20O/c1-2-8-15(9-3-1)18-13-7-4-10-16(18)14-19-17-11-5-6-12-17/h1-4,7-10,13,17H,5-6,11-12,14H2. The van der Waals surface area contributed by atoms with Crippen LogP contribution < -0.4 is 0 Å². The molecule has 0 bridgehead atoms. The second-order valence-corrected chi connectivity index (χ2v) is 5.24. The van der Waals surface area contributed by atoms with Gasteiger partial charge in [0.15, 0.2) is 0 Å². The van der Waals surface area contributed by atoms with Crippen LogP contribution in [-0.4, -0.2) is 6.10 Å². The molecule has 1 nitrogen and oxygen atoms in total. The average molecular weight is 252 g/mol. The van der Waals surface area contributed by atoms with E-state index in [0.29, 0.717) is 6.10 Å². The molecule has 19 heavy (non-hydrogen) atoms. The Hall–Kier alpha value is -1.60. The predicted octanol–water partition coefficient (Wildman–Crippen LogP) is 4.81. The van der Waals surface area contributed by atoms with Crippen molar-refractivity contribution in [1.82, 2.24) is 0 Å². The van der Waals surface area contributed by atoms with Crippen molar-refractivity contribution in [2.45, 2.75) is 38.4 Å². The summed E-state index contributed by atoms with van der Waals surface area (Å²) in [5, 5.41) is 0.